The Hall–Kier alpha value is -1.03. The number of methoxy groups -OCH3 is 1. The van der Waals surface area contributed by atoms with E-state index < -0.39 is 0 Å². The molecule has 0 fully saturated rings. The number of hydrogen-bond donors (Lipinski definition) is 1. The standard InChI is InChI=1S/C14H27N3O/c1-5-6-7-8-9-12(15)14-13(18-4)10-16-17(14)11(2)3/h10-12H,5-9,15H2,1-4H3. The number of hydrogen-bond acceptors (Lipinski definition) is 3. The first-order valence-electron chi connectivity index (χ1n) is 6.98. The van der Waals surface area contributed by atoms with Gasteiger partial charge in [0.25, 0.3) is 0 Å². The Morgan fingerprint density at radius 1 is 1.33 bits per heavy atom. The van der Waals surface area contributed by atoms with E-state index in [1.54, 1.807) is 13.3 Å². The molecular formula is C14H27N3O. The van der Waals surface area contributed by atoms with Gasteiger partial charge in [-0.15, -0.1) is 0 Å². The zero-order valence-electron chi connectivity index (χ0n) is 12.1. The molecule has 1 heterocycles. The third-order valence-corrected chi connectivity index (χ3v) is 3.23. The van der Waals surface area contributed by atoms with E-state index in [2.05, 4.69) is 25.9 Å². The molecule has 0 aliphatic carbocycles. The molecule has 4 nitrogen and oxygen atoms in total. The van der Waals surface area contributed by atoms with Crippen LogP contribution >= 0.6 is 0 Å². The molecule has 18 heavy (non-hydrogen) atoms. The largest absolute Gasteiger partial charge is 0.493 e. The van der Waals surface area contributed by atoms with Crippen molar-refractivity contribution in [3.05, 3.63) is 11.9 Å². The van der Waals surface area contributed by atoms with E-state index in [1.807, 2.05) is 4.68 Å². The van der Waals surface area contributed by atoms with Crippen LogP contribution in [-0.2, 0) is 0 Å². The minimum Gasteiger partial charge on any atom is -0.493 e. The van der Waals surface area contributed by atoms with Crippen LogP contribution in [0.2, 0.25) is 0 Å². The fourth-order valence-electron chi connectivity index (χ4n) is 2.21. The molecule has 0 amide bonds. The summed E-state index contributed by atoms with van der Waals surface area (Å²) in [6.07, 6.45) is 7.72. The molecule has 1 unspecified atom stereocenters. The molecule has 1 atom stereocenters. The second kappa shape index (κ2) is 7.41. The molecule has 0 bridgehead atoms. The first kappa shape index (κ1) is 15.0. The molecule has 0 saturated heterocycles. The molecule has 4 heteroatoms. The van der Waals surface area contributed by atoms with Crippen molar-refractivity contribution in [2.75, 3.05) is 7.11 Å². The highest BCUT2D eigenvalue weighted by Crippen LogP contribution is 2.29. The molecule has 0 aliphatic heterocycles. The Morgan fingerprint density at radius 3 is 2.61 bits per heavy atom. The summed E-state index contributed by atoms with van der Waals surface area (Å²) in [5, 5.41) is 4.36. The lowest BCUT2D eigenvalue weighted by molar-refractivity contribution is 0.391. The van der Waals surface area contributed by atoms with Gasteiger partial charge in [0.15, 0.2) is 5.75 Å². The normalized spacial score (nSPS) is 13.0. The number of aromatic nitrogens is 2. The molecule has 0 aliphatic rings. The minimum atomic E-state index is 0.0155. The van der Waals surface area contributed by atoms with E-state index in [0.29, 0.717) is 6.04 Å². The number of nitrogens with zero attached hydrogens (tertiary/aromatic N) is 2. The van der Waals surface area contributed by atoms with Crippen molar-refractivity contribution in [2.24, 2.45) is 5.73 Å². The second-order valence-corrected chi connectivity index (χ2v) is 5.09. The number of rotatable bonds is 8. The van der Waals surface area contributed by atoms with Crippen LogP contribution in [0.15, 0.2) is 6.20 Å². The van der Waals surface area contributed by atoms with Crippen molar-refractivity contribution in [1.29, 1.82) is 0 Å². The molecule has 0 radical (unpaired) electrons. The maximum Gasteiger partial charge on any atom is 0.161 e. The van der Waals surface area contributed by atoms with Crippen LogP contribution in [0.4, 0.5) is 0 Å². The molecule has 1 aromatic heterocycles. The first-order valence-corrected chi connectivity index (χ1v) is 6.98. The van der Waals surface area contributed by atoms with Crippen molar-refractivity contribution in [3.8, 4) is 5.75 Å². The van der Waals surface area contributed by atoms with E-state index >= 15 is 0 Å². The monoisotopic (exact) mass is 253 g/mol. The van der Waals surface area contributed by atoms with E-state index in [9.17, 15) is 0 Å². The van der Waals surface area contributed by atoms with Crippen molar-refractivity contribution in [3.63, 3.8) is 0 Å². The molecule has 2 N–H and O–H groups in total. The van der Waals surface area contributed by atoms with Gasteiger partial charge in [-0.1, -0.05) is 32.6 Å². The Kier molecular flexibility index (Phi) is 6.19. The highest BCUT2D eigenvalue weighted by molar-refractivity contribution is 5.28. The smallest absolute Gasteiger partial charge is 0.161 e. The van der Waals surface area contributed by atoms with Gasteiger partial charge >= 0.3 is 0 Å². The lowest BCUT2D eigenvalue weighted by Gasteiger charge is -2.18. The third kappa shape index (κ3) is 3.73. The lowest BCUT2D eigenvalue weighted by atomic mass is 10.0. The van der Waals surface area contributed by atoms with E-state index in [0.717, 1.165) is 17.9 Å². The Morgan fingerprint density at radius 2 is 2.06 bits per heavy atom. The van der Waals surface area contributed by atoms with Crippen LogP contribution in [-0.4, -0.2) is 16.9 Å². The maximum atomic E-state index is 6.30. The number of ether oxygens (including phenoxy) is 1. The van der Waals surface area contributed by atoms with Gasteiger partial charge in [-0.2, -0.15) is 5.10 Å². The molecular weight excluding hydrogens is 226 g/mol. The van der Waals surface area contributed by atoms with Crippen molar-refractivity contribution in [2.45, 2.75) is 65.0 Å². The topological polar surface area (TPSA) is 53.1 Å². The van der Waals surface area contributed by atoms with Gasteiger partial charge in [0.05, 0.1) is 25.0 Å². The second-order valence-electron chi connectivity index (χ2n) is 5.09. The minimum absolute atomic E-state index is 0.0155. The number of nitrogens with two attached hydrogens (primary N) is 1. The Labute approximate surface area is 111 Å². The number of unbranched alkanes of at least 4 members (excludes halogenated alkanes) is 3. The van der Waals surface area contributed by atoms with Gasteiger partial charge in [0.1, 0.15) is 0 Å². The van der Waals surface area contributed by atoms with Gasteiger partial charge in [-0.25, -0.2) is 0 Å². The summed E-state index contributed by atoms with van der Waals surface area (Å²) in [5.74, 6) is 0.812. The predicted octanol–water partition coefficient (Wildman–Crippen LogP) is 3.44. The van der Waals surface area contributed by atoms with E-state index in [4.69, 9.17) is 10.5 Å². The Balaban J connectivity index is 2.70. The summed E-state index contributed by atoms with van der Waals surface area (Å²) < 4.78 is 7.34. The molecule has 104 valence electrons. The van der Waals surface area contributed by atoms with Gasteiger partial charge in [0.2, 0.25) is 0 Å². The lowest BCUT2D eigenvalue weighted by Crippen LogP contribution is -2.18. The molecule has 0 aromatic carbocycles. The SMILES string of the molecule is CCCCCCC(N)c1c(OC)cnn1C(C)C. The zero-order valence-corrected chi connectivity index (χ0v) is 12.1. The van der Waals surface area contributed by atoms with Gasteiger partial charge in [0, 0.05) is 6.04 Å². The van der Waals surface area contributed by atoms with Crippen molar-refractivity contribution < 1.29 is 4.74 Å². The van der Waals surface area contributed by atoms with Crippen LogP contribution in [0, 0.1) is 0 Å². The fraction of sp³-hybridized carbons (Fsp3) is 0.786. The summed E-state index contributed by atoms with van der Waals surface area (Å²) >= 11 is 0. The van der Waals surface area contributed by atoms with E-state index in [-0.39, 0.29) is 6.04 Å². The maximum absolute atomic E-state index is 6.30. The van der Waals surface area contributed by atoms with Crippen molar-refractivity contribution in [1.82, 2.24) is 9.78 Å². The molecule has 0 spiro atoms. The van der Waals surface area contributed by atoms with Gasteiger partial charge < -0.3 is 10.5 Å². The van der Waals surface area contributed by atoms with Crippen LogP contribution in [0.1, 0.15) is 70.7 Å². The summed E-state index contributed by atoms with van der Waals surface area (Å²) in [6.45, 7) is 6.44. The van der Waals surface area contributed by atoms with Crippen molar-refractivity contribution >= 4 is 0 Å². The first-order chi connectivity index (χ1) is 8.61. The molecule has 0 saturated carbocycles. The zero-order chi connectivity index (χ0) is 13.5. The van der Waals surface area contributed by atoms with Gasteiger partial charge in [-0.3, -0.25) is 4.68 Å². The Bertz CT molecular complexity index is 347. The predicted molar refractivity (Wildman–Crippen MR) is 74.9 cm³/mol. The summed E-state index contributed by atoms with van der Waals surface area (Å²) in [6, 6.07) is 0.326. The van der Waals surface area contributed by atoms with Crippen LogP contribution in [0.3, 0.4) is 0 Å². The van der Waals surface area contributed by atoms with E-state index in [1.165, 1.54) is 25.7 Å². The highest BCUT2D eigenvalue weighted by Gasteiger charge is 2.19. The van der Waals surface area contributed by atoms with Crippen LogP contribution < -0.4 is 10.5 Å². The third-order valence-electron chi connectivity index (χ3n) is 3.23. The molecule has 1 rings (SSSR count). The quantitative estimate of drug-likeness (QED) is 0.722. The average Bonchev–Trinajstić information content (AvgIpc) is 2.78. The summed E-state index contributed by atoms with van der Waals surface area (Å²) in [5.41, 5.74) is 7.33. The van der Waals surface area contributed by atoms with Crippen LogP contribution in [0.25, 0.3) is 0 Å². The average molecular weight is 253 g/mol. The van der Waals surface area contributed by atoms with Crippen LogP contribution in [0.5, 0.6) is 5.75 Å². The molecule has 1 aromatic rings. The fourth-order valence-corrected chi connectivity index (χ4v) is 2.21. The highest BCUT2D eigenvalue weighted by atomic mass is 16.5. The summed E-state index contributed by atoms with van der Waals surface area (Å²) in [4.78, 5) is 0. The van der Waals surface area contributed by atoms with Gasteiger partial charge in [-0.05, 0) is 20.3 Å². The summed E-state index contributed by atoms with van der Waals surface area (Å²) in [7, 11) is 1.68.